The van der Waals surface area contributed by atoms with Crippen molar-refractivity contribution in [2.75, 3.05) is 4.90 Å². The average molecular weight is 307 g/mol. The van der Waals surface area contributed by atoms with Crippen molar-refractivity contribution in [2.24, 2.45) is 0 Å². The van der Waals surface area contributed by atoms with E-state index in [-0.39, 0.29) is 0 Å². The number of aryl methyl sites for hydroxylation is 1. The molecule has 0 aliphatic heterocycles. The van der Waals surface area contributed by atoms with Crippen LogP contribution in [0.15, 0.2) is 24.3 Å². The standard InChI is InChI=1S/C17H25NO4/c1-12-9-8-10-13(11-12)18(14(19)21-16(2,3)4)15(20)22-17(5,6)7/h8-11H,1-7H3. The van der Waals surface area contributed by atoms with Gasteiger partial charge >= 0.3 is 12.2 Å². The minimum atomic E-state index is -0.757. The third-order valence-corrected chi connectivity index (χ3v) is 2.41. The number of nitrogens with zero attached hydrogens (tertiary/aromatic N) is 1. The number of hydrogen-bond acceptors (Lipinski definition) is 4. The van der Waals surface area contributed by atoms with Gasteiger partial charge in [0.1, 0.15) is 11.2 Å². The van der Waals surface area contributed by atoms with Crippen LogP contribution in [0.5, 0.6) is 0 Å². The Kier molecular flexibility index (Phi) is 5.22. The molecule has 1 rings (SSSR count). The topological polar surface area (TPSA) is 55.8 Å². The molecule has 2 amide bonds. The van der Waals surface area contributed by atoms with E-state index in [1.807, 2.05) is 13.0 Å². The van der Waals surface area contributed by atoms with Crippen LogP contribution < -0.4 is 4.90 Å². The van der Waals surface area contributed by atoms with Gasteiger partial charge < -0.3 is 9.47 Å². The molecule has 1 aromatic carbocycles. The van der Waals surface area contributed by atoms with E-state index in [2.05, 4.69) is 0 Å². The molecule has 0 saturated heterocycles. The number of carbonyl (C=O) groups is 2. The Bertz CT molecular complexity index is 525. The first-order valence-electron chi connectivity index (χ1n) is 7.22. The molecular formula is C17H25NO4. The zero-order valence-corrected chi connectivity index (χ0v) is 14.4. The van der Waals surface area contributed by atoms with Crippen LogP contribution in [0.3, 0.4) is 0 Å². The van der Waals surface area contributed by atoms with Crippen LogP contribution in [-0.4, -0.2) is 23.4 Å². The molecule has 0 fully saturated rings. The second-order valence-corrected chi connectivity index (χ2v) is 7.14. The first kappa shape index (κ1) is 18.0. The lowest BCUT2D eigenvalue weighted by molar-refractivity contribution is 0.0431. The van der Waals surface area contributed by atoms with E-state index >= 15 is 0 Å². The number of benzene rings is 1. The summed E-state index contributed by atoms with van der Waals surface area (Å²) >= 11 is 0. The van der Waals surface area contributed by atoms with Crippen molar-refractivity contribution >= 4 is 17.9 Å². The summed E-state index contributed by atoms with van der Waals surface area (Å²) in [5, 5.41) is 0. The number of hydrogen-bond donors (Lipinski definition) is 0. The molecule has 0 heterocycles. The lowest BCUT2D eigenvalue weighted by Gasteiger charge is -2.28. The average Bonchev–Trinajstić information content (AvgIpc) is 2.23. The highest BCUT2D eigenvalue weighted by Crippen LogP contribution is 2.22. The molecule has 0 spiro atoms. The minimum Gasteiger partial charge on any atom is -0.443 e. The van der Waals surface area contributed by atoms with Gasteiger partial charge in [-0.15, -0.1) is 0 Å². The van der Waals surface area contributed by atoms with Gasteiger partial charge in [-0.25, -0.2) is 9.59 Å². The van der Waals surface area contributed by atoms with Crippen LogP contribution in [0.4, 0.5) is 15.3 Å². The van der Waals surface area contributed by atoms with Gasteiger partial charge in [0.15, 0.2) is 0 Å². The van der Waals surface area contributed by atoms with Crippen molar-refractivity contribution in [3.05, 3.63) is 29.8 Å². The van der Waals surface area contributed by atoms with Gasteiger partial charge in [0, 0.05) is 0 Å². The van der Waals surface area contributed by atoms with E-state index in [0.717, 1.165) is 10.5 Å². The quantitative estimate of drug-likeness (QED) is 0.756. The Morgan fingerprint density at radius 3 is 1.73 bits per heavy atom. The molecule has 0 aliphatic rings. The van der Waals surface area contributed by atoms with Gasteiger partial charge in [0.2, 0.25) is 0 Å². The van der Waals surface area contributed by atoms with Gasteiger partial charge in [-0.1, -0.05) is 12.1 Å². The number of rotatable bonds is 1. The summed E-state index contributed by atoms with van der Waals surface area (Å²) in [5.74, 6) is 0. The molecule has 5 heteroatoms. The van der Waals surface area contributed by atoms with Crippen molar-refractivity contribution < 1.29 is 19.1 Å². The summed E-state index contributed by atoms with van der Waals surface area (Å²) in [7, 11) is 0. The fourth-order valence-electron chi connectivity index (χ4n) is 1.67. The largest absolute Gasteiger partial charge is 0.443 e. The van der Waals surface area contributed by atoms with E-state index in [1.165, 1.54) is 0 Å². The lowest BCUT2D eigenvalue weighted by atomic mass is 10.2. The molecule has 0 atom stereocenters. The maximum Gasteiger partial charge on any atom is 0.424 e. The summed E-state index contributed by atoms with van der Waals surface area (Å²) in [6, 6.07) is 7.05. The number of ether oxygens (including phenoxy) is 2. The van der Waals surface area contributed by atoms with Gasteiger partial charge in [-0.05, 0) is 66.2 Å². The van der Waals surface area contributed by atoms with Crippen LogP contribution in [0.25, 0.3) is 0 Å². The van der Waals surface area contributed by atoms with Crippen LogP contribution in [0, 0.1) is 6.92 Å². The molecule has 0 saturated carbocycles. The SMILES string of the molecule is Cc1cccc(N(C(=O)OC(C)(C)C)C(=O)OC(C)(C)C)c1. The van der Waals surface area contributed by atoms with Crippen molar-refractivity contribution in [3.8, 4) is 0 Å². The summed E-state index contributed by atoms with van der Waals surface area (Å²) in [6.45, 7) is 12.3. The second kappa shape index (κ2) is 6.38. The van der Waals surface area contributed by atoms with E-state index in [1.54, 1.807) is 59.7 Å². The van der Waals surface area contributed by atoms with Crippen LogP contribution >= 0.6 is 0 Å². The van der Waals surface area contributed by atoms with E-state index in [0.29, 0.717) is 5.69 Å². The van der Waals surface area contributed by atoms with E-state index < -0.39 is 23.4 Å². The first-order valence-corrected chi connectivity index (χ1v) is 7.22. The number of anilines is 1. The van der Waals surface area contributed by atoms with Crippen molar-refractivity contribution in [3.63, 3.8) is 0 Å². The van der Waals surface area contributed by atoms with Crippen molar-refractivity contribution in [1.82, 2.24) is 0 Å². The Labute approximate surface area is 132 Å². The highest BCUT2D eigenvalue weighted by atomic mass is 16.6. The molecule has 1 aromatic rings. The van der Waals surface area contributed by atoms with Crippen LogP contribution in [0.2, 0.25) is 0 Å². The predicted molar refractivity (Wildman–Crippen MR) is 86.1 cm³/mol. The van der Waals surface area contributed by atoms with Gasteiger partial charge in [-0.2, -0.15) is 4.90 Å². The smallest absolute Gasteiger partial charge is 0.424 e. The molecule has 22 heavy (non-hydrogen) atoms. The summed E-state index contributed by atoms with van der Waals surface area (Å²) < 4.78 is 10.6. The van der Waals surface area contributed by atoms with Gasteiger partial charge in [-0.3, -0.25) is 0 Å². The fraction of sp³-hybridized carbons (Fsp3) is 0.529. The van der Waals surface area contributed by atoms with E-state index in [4.69, 9.17) is 9.47 Å². The molecule has 122 valence electrons. The maximum atomic E-state index is 12.4. The zero-order valence-electron chi connectivity index (χ0n) is 14.4. The second-order valence-electron chi connectivity index (χ2n) is 7.14. The third kappa shape index (κ3) is 5.76. The molecule has 0 bridgehead atoms. The number of imide groups is 1. The highest BCUT2D eigenvalue weighted by Gasteiger charge is 2.32. The Morgan fingerprint density at radius 2 is 1.36 bits per heavy atom. The Morgan fingerprint density at radius 1 is 0.909 bits per heavy atom. The normalized spacial score (nSPS) is 11.8. The Balaban J connectivity index is 3.15. The summed E-state index contributed by atoms with van der Waals surface area (Å²) in [5.41, 5.74) is -0.0689. The molecular weight excluding hydrogens is 282 g/mol. The Hall–Kier alpha value is -2.04. The zero-order chi connectivity index (χ0) is 17.1. The van der Waals surface area contributed by atoms with Crippen LogP contribution in [-0.2, 0) is 9.47 Å². The van der Waals surface area contributed by atoms with Crippen molar-refractivity contribution in [1.29, 1.82) is 0 Å². The molecule has 0 unspecified atom stereocenters. The molecule has 0 N–H and O–H groups in total. The molecule has 5 nitrogen and oxygen atoms in total. The molecule has 0 radical (unpaired) electrons. The maximum absolute atomic E-state index is 12.4. The summed E-state index contributed by atoms with van der Waals surface area (Å²) in [4.78, 5) is 25.7. The van der Waals surface area contributed by atoms with E-state index in [9.17, 15) is 9.59 Å². The van der Waals surface area contributed by atoms with Crippen LogP contribution in [0.1, 0.15) is 47.1 Å². The predicted octanol–water partition coefficient (Wildman–Crippen LogP) is 4.67. The van der Waals surface area contributed by atoms with Crippen molar-refractivity contribution in [2.45, 2.75) is 59.7 Å². The molecule has 0 aromatic heterocycles. The monoisotopic (exact) mass is 307 g/mol. The number of carbonyl (C=O) groups excluding carboxylic acids is 2. The number of amides is 2. The lowest BCUT2D eigenvalue weighted by Crippen LogP contribution is -2.43. The minimum absolute atomic E-state index is 0.420. The van der Waals surface area contributed by atoms with Gasteiger partial charge in [0.25, 0.3) is 0 Å². The fourth-order valence-corrected chi connectivity index (χ4v) is 1.67. The summed E-state index contributed by atoms with van der Waals surface area (Å²) in [6.07, 6.45) is -1.51. The third-order valence-electron chi connectivity index (χ3n) is 2.41. The first-order chi connectivity index (χ1) is 9.89. The molecule has 0 aliphatic carbocycles. The highest BCUT2D eigenvalue weighted by molar-refractivity contribution is 6.09. The van der Waals surface area contributed by atoms with Gasteiger partial charge in [0.05, 0.1) is 5.69 Å².